The zero-order chi connectivity index (χ0) is 21.7. The second kappa shape index (κ2) is 7.30. The summed E-state index contributed by atoms with van der Waals surface area (Å²) in [6, 6.07) is 7.35. The second-order valence-electron chi connectivity index (χ2n) is 7.38. The number of thiophene rings is 1. The standard InChI is InChI=1S/C21H17F5N2OS/c1-12-8-15-9-14(10-16(18(15)30-12)21(24,25)26)17-3-2-13(11-27-17)19(29)28-6-4-20(22,23)5-7-28/h2-3,8-11H,4-7H2,1H3. The third kappa shape index (κ3) is 4.03. The SMILES string of the molecule is Cc1cc2cc(-c3ccc(C(=O)N4CCC(F)(F)CC4)cn3)cc(C(F)(F)F)c2s1. The maximum absolute atomic E-state index is 13.5. The average Bonchev–Trinajstić information content (AvgIpc) is 3.06. The van der Waals surface area contributed by atoms with Gasteiger partial charge in [0, 0.05) is 47.3 Å². The van der Waals surface area contributed by atoms with Gasteiger partial charge in [0.2, 0.25) is 0 Å². The van der Waals surface area contributed by atoms with Crippen LogP contribution < -0.4 is 0 Å². The highest BCUT2D eigenvalue weighted by Gasteiger charge is 2.36. The molecule has 9 heteroatoms. The molecular weight excluding hydrogens is 423 g/mol. The van der Waals surface area contributed by atoms with Gasteiger partial charge >= 0.3 is 6.18 Å². The van der Waals surface area contributed by atoms with E-state index in [0.29, 0.717) is 16.6 Å². The number of halogens is 5. The number of alkyl halides is 5. The average molecular weight is 440 g/mol. The summed E-state index contributed by atoms with van der Waals surface area (Å²) in [6.07, 6.45) is -3.99. The van der Waals surface area contributed by atoms with Crippen LogP contribution in [0.15, 0.2) is 36.5 Å². The lowest BCUT2D eigenvalue weighted by Crippen LogP contribution is -2.42. The summed E-state index contributed by atoms with van der Waals surface area (Å²) in [6.45, 7) is 1.66. The van der Waals surface area contributed by atoms with Crippen molar-refractivity contribution in [2.75, 3.05) is 13.1 Å². The van der Waals surface area contributed by atoms with Crippen molar-refractivity contribution < 1.29 is 26.7 Å². The molecular formula is C21H17F5N2OS. The summed E-state index contributed by atoms with van der Waals surface area (Å²) in [4.78, 5) is 18.8. The summed E-state index contributed by atoms with van der Waals surface area (Å²) >= 11 is 1.09. The maximum atomic E-state index is 13.5. The number of fused-ring (bicyclic) bond motifs is 1. The number of hydrogen-bond acceptors (Lipinski definition) is 3. The van der Waals surface area contributed by atoms with Crippen LogP contribution in [0.2, 0.25) is 0 Å². The first-order valence-electron chi connectivity index (χ1n) is 9.28. The van der Waals surface area contributed by atoms with Gasteiger partial charge in [-0.25, -0.2) is 8.78 Å². The predicted molar refractivity (Wildman–Crippen MR) is 105 cm³/mol. The zero-order valence-corrected chi connectivity index (χ0v) is 16.7. The maximum Gasteiger partial charge on any atom is 0.417 e. The largest absolute Gasteiger partial charge is 0.417 e. The number of carbonyl (C=O) groups is 1. The number of benzene rings is 1. The number of piperidine rings is 1. The van der Waals surface area contributed by atoms with Gasteiger partial charge in [0.05, 0.1) is 16.8 Å². The second-order valence-corrected chi connectivity index (χ2v) is 8.63. The Kier molecular flexibility index (Phi) is 5.04. The molecule has 1 aliphatic heterocycles. The third-order valence-corrected chi connectivity index (χ3v) is 6.23. The third-order valence-electron chi connectivity index (χ3n) is 5.13. The fourth-order valence-corrected chi connectivity index (χ4v) is 4.58. The van der Waals surface area contributed by atoms with E-state index < -0.39 is 23.6 Å². The van der Waals surface area contributed by atoms with E-state index >= 15 is 0 Å². The molecule has 1 aliphatic rings. The number of nitrogens with zero attached hydrogens (tertiary/aromatic N) is 2. The van der Waals surface area contributed by atoms with Gasteiger partial charge in [-0.05, 0) is 42.6 Å². The van der Waals surface area contributed by atoms with E-state index in [1.165, 1.54) is 23.2 Å². The lowest BCUT2D eigenvalue weighted by atomic mass is 10.0. The molecule has 0 bridgehead atoms. The minimum absolute atomic E-state index is 0.0449. The molecule has 0 saturated carbocycles. The van der Waals surface area contributed by atoms with Gasteiger partial charge in [-0.2, -0.15) is 13.2 Å². The predicted octanol–water partition coefficient (Wildman–Crippen LogP) is 6.16. The van der Waals surface area contributed by atoms with E-state index in [0.717, 1.165) is 22.3 Å². The first-order valence-corrected chi connectivity index (χ1v) is 10.1. The molecule has 0 radical (unpaired) electrons. The van der Waals surface area contributed by atoms with Crippen LogP contribution in [-0.2, 0) is 6.18 Å². The van der Waals surface area contributed by atoms with Crippen molar-refractivity contribution in [3.05, 3.63) is 52.5 Å². The molecule has 0 spiro atoms. The molecule has 1 amide bonds. The molecule has 1 aromatic carbocycles. The van der Waals surface area contributed by atoms with Crippen LogP contribution in [0.5, 0.6) is 0 Å². The number of amides is 1. The van der Waals surface area contributed by atoms with Gasteiger partial charge < -0.3 is 4.90 Å². The van der Waals surface area contributed by atoms with E-state index in [4.69, 9.17) is 0 Å². The van der Waals surface area contributed by atoms with Crippen molar-refractivity contribution in [1.29, 1.82) is 0 Å². The zero-order valence-electron chi connectivity index (χ0n) is 15.9. The number of pyridine rings is 1. The normalized spacial score (nSPS) is 16.8. The van der Waals surface area contributed by atoms with Crippen LogP contribution in [0, 0.1) is 6.92 Å². The van der Waals surface area contributed by atoms with Crippen LogP contribution in [-0.4, -0.2) is 34.8 Å². The van der Waals surface area contributed by atoms with Crippen molar-refractivity contribution >= 4 is 27.3 Å². The number of aryl methyl sites for hydroxylation is 1. The fraction of sp³-hybridized carbons (Fsp3) is 0.333. The lowest BCUT2D eigenvalue weighted by Gasteiger charge is -2.31. The molecule has 3 nitrogen and oxygen atoms in total. The molecule has 1 saturated heterocycles. The van der Waals surface area contributed by atoms with Crippen LogP contribution >= 0.6 is 11.3 Å². The molecule has 0 aliphatic carbocycles. The van der Waals surface area contributed by atoms with Crippen LogP contribution in [0.3, 0.4) is 0 Å². The Morgan fingerprint density at radius 1 is 1.13 bits per heavy atom. The Bertz CT molecular complexity index is 1100. The molecule has 1 fully saturated rings. The highest BCUT2D eigenvalue weighted by molar-refractivity contribution is 7.19. The Balaban J connectivity index is 1.63. The first kappa shape index (κ1) is 20.7. The molecule has 158 valence electrons. The van der Waals surface area contributed by atoms with Crippen molar-refractivity contribution in [3.8, 4) is 11.3 Å². The molecule has 0 atom stereocenters. The monoisotopic (exact) mass is 440 g/mol. The van der Waals surface area contributed by atoms with E-state index in [9.17, 15) is 26.7 Å². The van der Waals surface area contributed by atoms with Crippen molar-refractivity contribution in [3.63, 3.8) is 0 Å². The number of likely N-dealkylation sites (tertiary alicyclic amines) is 1. The van der Waals surface area contributed by atoms with Crippen LogP contribution in [0.1, 0.15) is 33.6 Å². The van der Waals surface area contributed by atoms with Crippen LogP contribution in [0.4, 0.5) is 22.0 Å². The number of aromatic nitrogens is 1. The van der Waals surface area contributed by atoms with Crippen molar-refractivity contribution in [1.82, 2.24) is 9.88 Å². The molecule has 0 N–H and O–H groups in total. The summed E-state index contributed by atoms with van der Waals surface area (Å²) < 4.78 is 67.4. The quantitative estimate of drug-likeness (QED) is 0.447. The smallest absolute Gasteiger partial charge is 0.338 e. The minimum Gasteiger partial charge on any atom is -0.338 e. The van der Waals surface area contributed by atoms with Crippen molar-refractivity contribution in [2.24, 2.45) is 0 Å². The van der Waals surface area contributed by atoms with E-state index in [2.05, 4.69) is 4.98 Å². The van der Waals surface area contributed by atoms with Gasteiger partial charge in [-0.1, -0.05) is 0 Å². The van der Waals surface area contributed by atoms with Crippen molar-refractivity contribution in [2.45, 2.75) is 31.9 Å². The molecule has 4 rings (SSSR count). The first-order chi connectivity index (χ1) is 14.0. The lowest BCUT2D eigenvalue weighted by molar-refractivity contribution is -0.136. The van der Waals surface area contributed by atoms with Gasteiger partial charge in [0.25, 0.3) is 11.8 Å². The topological polar surface area (TPSA) is 33.2 Å². The van der Waals surface area contributed by atoms with Gasteiger partial charge in [-0.3, -0.25) is 9.78 Å². The van der Waals surface area contributed by atoms with Crippen LogP contribution in [0.25, 0.3) is 21.3 Å². The Morgan fingerprint density at radius 2 is 1.83 bits per heavy atom. The minimum atomic E-state index is -4.50. The number of carbonyl (C=O) groups excluding carboxylic acids is 1. The summed E-state index contributed by atoms with van der Waals surface area (Å²) in [5.41, 5.74) is 0.0917. The molecule has 3 heterocycles. The Morgan fingerprint density at radius 3 is 2.43 bits per heavy atom. The molecule has 0 unspecified atom stereocenters. The molecule has 2 aromatic heterocycles. The highest BCUT2D eigenvalue weighted by atomic mass is 32.1. The molecule has 30 heavy (non-hydrogen) atoms. The van der Waals surface area contributed by atoms with Gasteiger partial charge in [0.15, 0.2) is 0 Å². The van der Waals surface area contributed by atoms with Gasteiger partial charge in [-0.15, -0.1) is 11.3 Å². The Labute approximate surface area is 173 Å². The van der Waals surface area contributed by atoms with E-state index in [-0.39, 0.29) is 36.2 Å². The van der Waals surface area contributed by atoms with Gasteiger partial charge in [0.1, 0.15) is 0 Å². The summed E-state index contributed by atoms with van der Waals surface area (Å²) in [7, 11) is 0. The fourth-order valence-electron chi connectivity index (χ4n) is 3.55. The summed E-state index contributed by atoms with van der Waals surface area (Å²) in [5.74, 6) is -3.17. The molecule has 3 aromatic rings. The van der Waals surface area contributed by atoms with E-state index in [1.807, 2.05) is 0 Å². The highest BCUT2D eigenvalue weighted by Crippen LogP contribution is 2.41. The van der Waals surface area contributed by atoms with E-state index in [1.54, 1.807) is 19.1 Å². The summed E-state index contributed by atoms with van der Waals surface area (Å²) in [5, 5.41) is 0.485. The number of hydrogen-bond donors (Lipinski definition) is 0. The Hall–Kier alpha value is -2.55. The number of rotatable bonds is 2.